The molecule has 0 saturated carbocycles. The van der Waals surface area contributed by atoms with Crippen molar-refractivity contribution in [2.24, 2.45) is 11.8 Å². The van der Waals surface area contributed by atoms with Gasteiger partial charge in [-0.05, 0) is 5.92 Å². The van der Waals surface area contributed by atoms with Crippen LogP contribution in [0.15, 0.2) is 0 Å². The van der Waals surface area contributed by atoms with E-state index in [1.807, 2.05) is 20.8 Å². The zero-order valence-electron chi connectivity index (χ0n) is 10.9. The minimum atomic E-state index is -0.793. The first-order valence-corrected chi connectivity index (χ1v) is 5.82. The lowest BCUT2D eigenvalue weighted by atomic mass is 9.93. The van der Waals surface area contributed by atoms with Gasteiger partial charge in [0.2, 0.25) is 6.29 Å². The average Bonchev–Trinajstić information content (AvgIpc) is 2.44. The molecule has 0 amide bonds. The largest absolute Gasteiger partial charge is 0.455 e. The Morgan fingerprint density at radius 2 is 1.65 bits per heavy atom. The predicted octanol–water partition coefficient (Wildman–Crippen LogP) is 1.50. The third-order valence-electron chi connectivity index (χ3n) is 2.84. The first-order chi connectivity index (χ1) is 7.82. The first-order valence-electron chi connectivity index (χ1n) is 5.82. The number of hydrogen-bond acceptors (Lipinski definition) is 5. The fourth-order valence-corrected chi connectivity index (χ4v) is 2.17. The van der Waals surface area contributed by atoms with Crippen molar-refractivity contribution in [1.29, 1.82) is 0 Å². The smallest absolute Gasteiger partial charge is 0.305 e. The molecule has 0 radical (unpaired) electrons. The highest BCUT2D eigenvalue weighted by molar-refractivity contribution is 5.67. The minimum absolute atomic E-state index is 0.00301. The van der Waals surface area contributed by atoms with Crippen molar-refractivity contribution in [3.05, 3.63) is 0 Å². The van der Waals surface area contributed by atoms with E-state index in [4.69, 9.17) is 14.2 Å². The van der Waals surface area contributed by atoms with E-state index < -0.39 is 24.3 Å². The maximum absolute atomic E-state index is 11.0. The van der Waals surface area contributed by atoms with E-state index in [0.29, 0.717) is 0 Å². The van der Waals surface area contributed by atoms with E-state index in [1.54, 1.807) is 0 Å². The van der Waals surface area contributed by atoms with Crippen LogP contribution < -0.4 is 0 Å². The molecular formula is C12H20O5. The number of carbonyl (C=O) groups is 2. The lowest BCUT2D eigenvalue weighted by Crippen LogP contribution is -2.34. The van der Waals surface area contributed by atoms with Crippen molar-refractivity contribution in [3.8, 4) is 0 Å². The molecule has 1 fully saturated rings. The molecule has 0 aromatic carbocycles. The number of rotatable bonds is 3. The molecule has 5 heteroatoms. The zero-order valence-corrected chi connectivity index (χ0v) is 10.9. The number of carbonyl (C=O) groups excluding carboxylic acids is 2. The molecule has 1 heterocycles. The van der Waals surface area contributed by atoms with Gasteiger partial charge >= 0.3 is 11.9 Å². The second-order valence-electron chi connectivity index (χ2n) is 4.76. The average molecular weight is 244 g/mol. The molecule has 17 heavy (non-hydrogen) atoms. The van der Waals surface area contributed by atoms with Crippen LogP contribution >= 0.6 is 0 Å². The molecule has 5 nitrogen and oxygen atoms in total. The highest BCUT2D eigenvalue weighted by Gasteiger charge is 2.47. The summed E-state index contributed by atoms with van der Waals surface area (Å²) in [5, 5.41) is 0. The Bertz CT molecular complexity index is 299. The summed E-state index contributed by atoms with van der Waals surface area (Å²) in [6.07, 6.45) is -1.40. The van der Waals surface area contributed by atoms with E-state index in [-0.39, 0.29) is 17.9 Å². The summed E-state index contributed by atoms with van der Waals surface area (Å²) >= 11 is 0. The highest BCUT2D eigenvalue weighted by Crippen LogP contribution is 2.34. The molecule has 1 unspecified atom stereocenters. The number of esters is 2. The quantitative estimate of drug-likeness (QED) is 0.704. The van der Waals surface area contributed by atoms with Gasteiger partial charge in [0.15, 0.2) is 6.10 Å². The summed E-state index contributed by atoms with van der Waals surface area (Å²) in [7, 11) is 0. The van der Waals surface area contributed by atoms with Crippen LogP contribution in [0.5, 0.6) is 0 Å². The first kappa shape index (κ1) is 14.0. The summed E-state index contributed by atoms with van der Waals surface area (Å²) in [5.41, 5.74) is 0. The van der Waals surface area contributed by atoms with Gasteiger partial charge in [-0.25, -0.2) is 0 Å². The maximum atomic E-state index is 11.0. The topological polar surface area (TPSA) is 61.8 Å². The van der Waals surface area contributed by atoms with Gasteiger partial charge in [-0.1, -0.05) is 20.8 Å². The molecule has 0 spiro atoms. The summed E-state index contributed by atoms with van der Waals surface area (Å²) in [4.78, 5) is 22.0. The lowest BCUT2D eigenvalue weighted by Gasteiger charge is -2.20. The van der Waals surface area contributed by atoms with Gasteiger partial charge in [-0.2, -0.15) is 0 Å². The predicted molar refractivity (Wildman–Crippen MR) is 60.0 cm³/mol. The van der Waals surface area contributed by atoms with E-state index in [2.05, 4.69) is 0 Å². The van der Waals surface area contributed by atoms with Gasteiger partial charge in [0.25, 0.3) is 0 Å². The van der Waals surface area contributed by atoms with Crippen LogP contribution in [-0.4, -0.2) is 30.4 Å². The van der Waals surface area contributed by atoms with Crippen LogP contribution in [0.2, 0.25) is 0 Å². The normalized spacial score (nSPS) is 32.6. The number of ether oxygens (including phenoxy) is 3. The van der Waals surface area contributed by atoms with Crippen molar-refractivity contribution in [3.63, 3.8) is 0 Å². The van der Waals surface area contributed by atoms with Crippen LogP contribution in [0.3, 0.4) is 0 Å². The second kappa shape index (κ2) is 5.49. The highest BCUT2D eigenvalue weighted by atomic mass is 16.7. The Balaban J connectivity index is 2.79. The molecule has 1 saturated heterocycles. The van der Waals surface area contributed by atoms with Gasteiger partial charge < -0.3 is 14.2 Å². The molecular weight excluding hydrogens is 224 g/mol. The van der Waals surface area contributed by atoms with Gasteiger partial charge in [-0.15, -0.1) is 0 Å². The van der Waals surface area contributed by atoms with Crippen LogP contribution in [0.4, 0.5) is 0 Å². The summed E-state index contributed by atoms with van der Waals surface area (Å²) in [6, 6.07) is 0. The van der Waals surface area contributed by atoms with Crippen LogP contribution in [0.25, 0.3) is 0 Å². The van der Waals surface area contributed by atoms with Crippen molar-refractivity contribution < 1.29 is 23.8 Å². The molecule has 1 aliphatic rings. The van der Waals surface area contributed by atoms with Gasteiger partial charge in [0, 0.05) is 19.8 Å². The zero-order chi connectivity index (χ0) is 13.2. The van der Waals surface area contributed by atoms with Crippen LogP contribution in [0, 0.1) is 11.8 Å². The summed E-state index contributed by atoms with van der Waals surface area (Å²) in [6.45, 7) is 8.61. The van der Waals surface area contributed by atoms with E-state index in [9.17, 15) is 9.59 Å². The molecule has 0 aliphatic carbocycles. The van der Waals surface area contributed by atoms with Crippen molar-refractivity contribution in [2.75, 3.05) is 0 Å². The van der Waals surface area contributed by atoms with Gasteiger partial charge in [0.1, 0.15) is 0 Å². The Kier molecular flexibility index (Phi) is 4.51. The Morgan fingerprint density at radius 3 is 2.06 bits per heavy atom. The third kappa shape index (κ3) is 3.43. The summed E-state index contributed by atoms with van der Waals surface area (Å²) < 4.78 is 15.9. The van der Waals surface area contributed by atoms with Crippen molar-refractivity contribution in [2.45, 2.75) is 53.1 Å². The van der Waals surface area contributed by atoms with Gasteiger partial charge in [0.05, 0.1) is 6.10 Å². The fourth-order valence-electron chi connectivity index (χ4n) is 2.17. The third-order valence-corrected chi connectivity index (χ3v) is 2.84. The Hall–Kier alpha value is -1.10. The molecule has 4 atom stereocenters. The van der Waals surface area contributed by atoms with E-state index in [1.165, 1.54) is 13.8 Å². The molecule has 0 bridgehead atoms. The molecule has 0 aromatic rings. The van der Waals surface area contributed by atoms with E-state index >= 15 is 0 Å². The standard InChI is InChI=1S/C12H20O5/c1-6(2)10-7(3)11(15-8(4)13)12(17-10)16-9(5)14/h6-7,10-12H,1-5H3/t7-,10-,11-,12?/m1/s1. The monoisotopic (exact) mass is 244 g/mol. The van der Waals surface area contributed by atoms with Crippen molar-refractivity contribution >= 4 is 11.9 Å². The SMILES string of the molecule is CC(=O)OC1O[C@H](C(C)C)[C@@H](C)[C@H]1OC(C)=O. The second-order valence-corrected chi connectivity index (χ2v) is 4.76. The number of hydrogen-bond donors (Lipinski definition) is 0. The van der Waals surface area contributed by atoms with Crippen molar-refractivity contribution in [1.82, 2.24) is 0 Å². The lowest BCUT2D eigenvalue weighted by molar-refractivity contribution is -0.196. The Morgan fingerprint density at radius 1 is 1.12 bits per heavy atom. The van der Waals surface area contributed by atoms with Crippen LogP contribution in [0.1, 0.15) is 34.6 Å². The van der Waals surface area contributed by atoms with E-state index in [0.717, 1.165) is 0 Å². The Labute approximate surface area is 101 Å². The van der Waals surface area contributed by atoms with Crippen LogP contribution in [-0.2, 0) is 23.8 Å². The molecule has 98 valence electrons. The maximum Gasteiger partial charge on any atom is 0.305 e. The molecule has 1 aliphatic heterocycles. The minimum Gasteiger partial charge on any atom is -0.455 e. The molecule has 0 N–H and O–H groups in total. The van der Waals surface area contributed by atoms with Gasteiger partial charge in [-0.3, -0.25) is 9.59 Å². The molecule has 0 aromatic heterocycles. The summed E-state index contributed by atoms with van der Waals surface area (Å²) in [5.74, 6) is -0.567. The fraction of sp³-hybridized carbons (Fsp3) is 0.833. The molecule has 1 rings (SSSR count).